The van der Waals surface area contributed by atoms with E-state index in [1.54, 1.807) is 0 Å². The van der Waals surface area contributed by atoms with Crippen molar-refractivity contribution < 1.29 is 188 Å². The fraction of sp³-hybridized carbons (Fsp3) is 0.500. The summed E-state index contributed by atoms with van der Waals surface area (Å²) in [6.45, 7) is -0.724. The van der Waals surface area contributed by atoms with E-state index in [0.29, 0.717) is 0 Å². The van der Waals surface area contributed by atoms with E-state index in [2.05, 4.69) is 4.74 Å². The zero-order chi connectivity index (χ0) is 9.56. The molecule has 0 saturated carbocycles. The maximum atomic E-state index is 10.5. The minimum atomic E-state index is -1.27. The number of carboxylic acid groups (broad SMARTS) is 2. The molecular formula is C6H11K3O6. The average Bonchev–Trinajstić information content (AvgIpc) is 1.96. The molecule has 15 heavy (non-hydrogen) atoms. The molecule has 0 aromatic heterocycles. The van der Waals surface area contributed by atoms with E-state index < -0.39 is 24.5 Å². The number of carboxylic acids is 2. The predicted octanol–water partition coefficient (Wildman–Crippen LogP) is -9.17. The van der Waals surface area contributed by atoms with Crippen LogP contribution in [0.3, 0.4) is 0 Å². The third kappa shape index (κ3) is 22.9. The van der Waals surface area contributed by atoms with Crippen LogP contribution in [0.1, 0.15) is 17.1 Å². The molecule has 74 valence electrons. The molecule has 0 amide bonds. The van der Waals surface area contributed by atoms with Crippen molar-refractivity contribution in [2.45, 2.75) is 12.8 Å². The Labute approximate surface area is 219 Å². The number of esters is 1. The number of hydrogen-bond donors (Lipinski definition) is 2. The minimum Gasteiger partial charge on any atom is -1.00 e. The van der Waals surface area contributed by atoms with Gasteiger partial charge in [0.1, 0.15) is 0 Å². The minimum absolute atomic E-state index is 0. The van der Waals surface area contributed by atoms with E-state index in [1.807, 2.05) is 0 Å². The van der Waals surface area contributed by atoms with Gasteiger partial charge in [0.15, 0.2) is 6.61 Å². The Bertz CT molecular complexity index is 199. The van der Waals surface area contributed by atoms with Crippen LogP contribution in [0, 0.1) is 0 Å². The van der Waals surface area contributed by atoms with Crippen LogP contribution >= 0.6 is 0 Å². The van der Waals surface area contributed by atoms with Crippen molar-refractivity contribution in [1.82, 2.24) is 0 Å². The van der Waals surface area contributed by atoms with Gasteiger partial charge in [-0.2, -0.15) is 0 Å². The van der Waals surface area contributed by atoms with Crippen molar-refractivity contribution in [2.24, 2.45) is 0 Å². The first-order valence-electron chi connectivity index (χ1n) is 3.11. The normalized spacial score (nSPS) is 7.20. The molecule has 0 saturated heterocycles. The summed E-state index contributed by atoms with van der Waals surface area (Å²) in [7, 11) is 0. The van der Waals surface area contributed by atoms with Crippen molar-refractivity contribution in [2.75, 3.05) is 6.61 Å². The molecule has 0 heterocycles. The van der Waals surface area contributed by atoms with Crippen LogP contribution < -0.4 is 154 Å². The van der Waals surface area contributed by atoms with E-state index in [-0.39, 0.29) is 171 Å². The van der Waals surface area contributed by atoms with Gasteiger partial charge >= 0.3 is 172 Å². The molecule has 0 bridgehead atoms. The maximum absolute atomic E-state index is 10.5. The topological polar surface area (TPSA) is 101 Å². The van der Waals surface area contributed by atoms with Crippen molar-refractivity contribution >= 4 is 17.9 Å². The van der Waals surface area contributed by atoms with Crippen molar-refractivity contribution in [3.8, 4) is 0 Å². The Morgan fingerprint density at radius 2 is 1.40 bits per heavy atom. The third-order valence-corrected chi connectivity index (χ3v) is 0.900. The summed E-state index contributed by atoms with van der Waals surface area (Å²) in [6.07, 6.45) is -0.652. The van der Waals surface area contributed by atoms with Gasteiger partial charge in [-0.25, -0.2) is 4.79 Å². The number of carbonyl (C=O) groups is 3. The molecular weight excluding hydrogens is 285 g/mol. The first-order valence-corrected chi connectivity index (χ1v) is 3.11. The van der Waals surface area contributed by atoms with E-state index in [9.17, 15) is 14.4 Å². The van der Waals surface area contributed by atoms with Crippen molar-refractivity contribution in [3.63, 3.8) is 0 Å². The van der Waals surface area contributed by atoms with Gasteiger partial charge in [-0.15, -0.1) is 0 Å². The molecule has 0 aliphatic heterocycles. The van der Waals surface area contributed by atoms with Gasteiger partial charge in [-0.3, -0.25) is 9.59 Å². The maximum Gasteiger partial charge on any atom is 1.00 e. The monoisotopic (exact) mass is 296 g/mol. The Morgan fingerprint density at radius 3 is 1.73 bits per heavy atom. The Balaban J connectivity index is -0.0000000403. The number of aliphatic carboxylic acids is 2. The molecule has 0 fully saturated rings. The standard InChI is InChI=1S/C6H8O6.3K.3H/c7-4(8)1-2-6(11)12-3-5(9)10;;;;;;/h1-3H2,(H,7,8)(H,9,10);;;;;;/q;3*+1;3*-1. The fourth-order valence-electron chi connectivity index (χ4n) is 0.423. The van der Waals surface area contributed by atoms with Crippen LogP contribution in [-0.2, 0) is 19.1 Å². The molecule has 2 N–H and O–H groups in total. The van der Waals surface area contributed by atoms with E-state index in [1.165, 1.54) is 0 Å². The van der Waals surface area contributed by atoms with Gasteiger partial charge in [0.05, 0.1) is 12.8 Å². The van der Waals surface area contributed by atoms with Gasteiger partial charge in [0.25, 0.3) is 0 Å². The first kappa shape index (κ1) is 26.8. The van der Waals surface area contributed by atoms with Gasteiger partial charge in [-0.1, -0.05) is 0 Å². The van der Waals surface area contributed by atoms with Crippen LogP contribution in [0.25, 0.3) is 0 Å². The summed E-state index contributed by atoms with van der Waals surface area (Å²) >= 11 is 0. The summed E-state index contributed by atoms with van der Waals surface area (Å²) in [5.74, 6) is -3.21. The number of rotatable bonds is 5. The first-order chi connectivity index (χ1) is 5.52. The van der Waals surface area contributed by atoms with Crippen molar-refractivity contribution in [3.05, 3.63) is 0 Å². The zero-order valence-corrected chi connectivity index (χ0v) is 18.5. The summed E-state index contributed by atoms with van der Waals surface area (Å²) in [5, 5.41) is 16.2. The van der Waals surface area contributed by atoms with Crippen LogP contribution in [0.5, 0.6) is 0 Å². The molecule has 0 aromatic rings. The van der Waals surface area contributed by atoms with Gasteiger partial charge in [0.2, 0.25) is 0 Å². The largest absolute Gasteiger partial charge is 1.00 e. The zero-order valence-electron chi connectivity index (χ0n) is 12.1. The second kappa shape index (κ2) is 17.3. The molecule has 0 spiro atoms. The number of hydrogen-bond acceptors (Lipinski definition) is 4. The smallest absolute Gasteiger partial charge is 1.00 e. The van der Waals surface area contributed by atoms with Gasteiger partial charge in [0, 0.05) is 0 Å². The molecule has 0 aliphatic carbocycles. The van der Waals surface area contributed by atoms with E-state index in [4.69, 9.17) is 10.2 Å². The fourth-order valence-corrected chi connectivity index (χ4v) is 0.423. The Kier molecular flexibility index (Phi) is 30.9. The van der Waals surface area contributed by atoms with Gasteiger partial charge < -0.3 is 19.2 Å². The van der Waals surface area contributed by atoms with Crippen LogP contribution in [0.15, 0.2) is 0 Å². The molecule has 0 aromatic carbocycles. The molecule has 6 nitrogen and oxygen atoms in total. The van der Waals surface area contributed by atoms with Crippen LogP contribution in [0.4, 0.5) is 0 Å². The molecule has 0 atom stereocenters. The molecule has 0 rings (SSSR count). The number of ether oxygens (including phenoxy) is 1. The SMILES string of the molecule is O=C(O)CCC(=O)OCC(=O)O.[H-].[H-].[H-].[K+].[K+].[K+]. The average molecular weight is 296 g/mol. The Morgan fingerprint density at radius 1 is 0.933 bits per heavy atom. The third-order valence-electron chi connectivity index (χ3n) is 0.900. The summed E-state index contributed by atoms with van der Waals surface area (Å²) in [5.41, 5.74) is 0. The quantitative estimate of drug-likeness (QED) is 0.386. The number of carbonyl (C=O) groups excluding carboxylic acids is 1. The predicted molar refractivity (Wildman–Crippen MR) is 38.8 cm³/mol. The second-order valence-electron chi connectivity index (χ2n) is 1.95. The molecule has 0 aliphatic rings. The summed E-state index contributed by atoms with van der Waals surface area (Å²) < 4.78 is 4.15. The Hall–Kier alpha value is 3.32. The van der Waals surface area contributed by atoms with E-state index in [0.717, 1.165) is 0 Å². The second-order valence-corrected chi connectivity index (χ2v) is 1.95. The molecule has 0 radical (unpaired) electrons. The van der Waals surface area contributed by atoms with Crippen molar-refractivity contribution in [1.29, 1.82) is 0 Å². The molecule has 9 heteroatoms. The molecule has 0 unspecified atom stereocenters. The summed E-state index contributed by atoms with van der Waals surface area (Å²) in [6, 6.07) is 0. The van der Waals surface area contributed by atoms with Crippen LogP contribution in [-0.4, -0.2) is 34.7 Å². The van der Waals surface area contributed by atoms with Crippen LogP contribution in [0.2, 0.25) is 0 Å². The summed E-state index contributed by atoms with van der Waals surface area (Å²) in [4.78, 5) is 30.3. The van der Waals surface area contributed by atoms with E-state index >= 15 is 0 Å². The van der Waals surface area contributed by atoms with Gasteiger partial charge in [-0.05, 0) is 0 Å².